The van der Waals surface area contributed by atoms with Crippen LogP contribution in [-0.4, -0.2) is 31.1 Å². The lowest BCUT2D eigenvalue weighted by Crippen LogP contribution is -2.12. The van der Waals surface area contributed by atoms with Crippen LogP contribution in [0.15, 0.2) is 55.0 Å². The van der Waals surface area contributed by atoms with Crippen molar-refractivity contribution in [3.8, 4) is 5.69 Å². The Morgan fingerprint density at radius 2 is 2.14 bits per heavy atom. The first kappa shape index (κ1) is 18.3. The van der Waals surface area contributed by atoms with Crippen LogP contribution < -0.4 is 5.32 Å². The third-order valence-electron chi connectivity index (χ3n) is 4.11. The average molecular weight is 411 g/mol. The van der Waals surface area contributed by atoms with Gasteiger partial charge in [-0.15, -0.1) is 16.4 Å². The van der Waals surface area contributed by atoms with Crippen molar-refractivity contribution in [3.63, 3.8) is 0 Å². The molecule has 140 valence electrons. The first-order valence-corrected chi connectivity index (χ1v) is 9.62. The summed E-state index contributed by atoms with van der Waals surface area (Å²) >= 11 is 7.63. The summed E-state index contributed by atoms with van der Waals surface area (Å²) in [5, 5.41) is 15.2. The molecular weight excluding hydrogens is 396 g/mol. The number of aryl methyl sites for hydroxylation is 1. The predicted octanol–water partition coefficient (Wildman–Crippen LogP) is 3.92. The van der Waals surface area contributed by atoms with Crippen molar-refractivity contribution in [2.75, 3.05) is 5.32 Å². The highest BCUT2D eigenvalue weighted by atomic mass is 35.5. The van der Waals surface area contributed by atoms with E-state index in [1.165, 1.54) is 22.3 Å². The number of tetrazole rings is 1. The van der Waals surface area contributed by atoms with Crippen molar-refractivity contribution in [3.05, 3.63) is 81.6 Å². The molecule has 0 unspecified atom stereocenters. The van der Waals surface area contributed by atoms with Crippen LogP contribution in [0.1, 0.15) is 26.4 Å². The van der Waals surface area contributed by atoms with E-state index in [0.29, 0.717) is 22.8 Å². The molecule has 28 heavy (non-hydrogen) atoms. The second kappa shape index (κ2) is 7.87. The molecule has 2 heterocycles. The Morgan fingerprint density at radius 3 is 2.93 bits per heavy atom. The van der Waals surface area contributed by atoms with E-state index in [2.05, 4.69) is 25.8 Å². The molecule has 0 atom stereocenters. The molecule has 0 bridgehead atoms. The molecule has 0 saturated heterocycles. The second-order valence-electron chi connectivity index (χ2n) is 6.15. The molecular formula is C19H15ClN6OS. The molecule has 0 saturated carbocycles. The number of thiazole rings is 1. The Kier molecular flexibility index (Phi) is 5.14. The first-order valence-electron chi connectivity index (χ1n) is 8.43. The number of hydrogen-bond donors (Lipinski definition) is 1. The summed E-state index contributed by atoms with van der Waals surface area (Å²) in [7, 11) is 0. The molecule has 0 radical (unpaired) electrons. The maximum Gasteiger partial charge on any atom is 0.257 e. The Balaban J connectivity index is 1.45. The molecule has 0 spiro atoms. The van der Waals surface area contributed by atoms with Gasteiger partial charge < -0.3 is 0 Å². The standard InChI is InChI=1S/C19H15ClN6OS/c1-12-5-6-13(8-17(12)20)7-16-10-21-19(28-16)23-18(27)14-3-2-4-15(9-14)26-11-22-24-25-26/h2-6,8-11H,7H2,1H3,(H,21,23,27). The zero-order valence-corrected chi connectivity index (χ0v) is 16.4. The molecule has 2 aromatic heterocycles. The maximum absolute atomic E-state index is 12.6. The van der Waals surface area contributed by atoms with Gasteiger partial charge in [-0.25, -0.2) is 9.67 Å². The van der Waals surface area contributed by atoms with Gasteiger partial charge in [-0.3, -0.25) is 10.1 Å². The molecule has 2 aromatic carbocycles. The summed E-state index contributed by atoms with van der Waals surface area (Å²) < 4.78 is 1.49. The smallest absolute Gasteiger partial charge is 0.257 e. The van der Waals surface area contributed by atoms with E-state index in [4.69, 9.17) is 11.6 Å². The van der Waals surface area contributed by atoms with Gasteiger partial charge in [0.1, 0.15) is 6.33 Å². The van der Waals surface area contributed by atoms with Crippen LogP contribution in [0.4, 0.5) is 5.13 Å². The lowest BCUT2D eigenvalue weighted by atomic mass is 10.1. The van der Waals surface area contributed by atoms with Gasteiger partial charge >= 0.3 is 0 Å². The third-order valence-corrected chi connectivity index (χ3v) is 5.43. The Morgan fingerprint density at radius 1 is 1.25 bits per heavy atom. The fraction of sp³-hybridized carbons (Fsp3) is 0.105. The van der Waals surface area contributed by atoms with Crippen LogP contribution in [0.5, 0.6) is 0 Å². The minimum absolute atomic E-state index is 0.241. The number of carbonyl (C=O) groups excluding carboxylic acids is 1. The van der Waals surface area contributed by atoms with Gasteiger partial charge in [0.2, 0.25) is 0 Å². The lowest BCUT2D eigenvalue weighted by molar-refractivity contribution is 0.102. The summed E-state index contributed by atoms with van der Waals surface area (Å²) in [5.74, 6) is -0.241. The topological polar surface area (TPSA) is 85.6 Å². The van der Waals surface area contributed by atoms with E-state index >= 15 is 0 Å². The summed E-state index contributed by atoms with van der Waals surface area (Å²) in [6.07, 6.45) is 3.95. The van der Waals surface area contributed by atoms with Gasteiger partial charge in [0, 0.05) is 28.1 Å². The van der Waals surface area contributed by atoms with Gasteiger partial charge in [0.15, 0.2) is 5.13 Å². The van der Waals surface area contributed by atoms with Crippen molar-refractivity contribution in [2.24, 2.45) is 0 Å². The zero-order chi connectivity index (χ0) is 19.5. The first-order chi connectivity index (χ1) is 13.6. The number of benzene rings is 2. The maximum atomic E-state index is 12.6. The van der Waals surface area contributed by atoms with Gasteiger partial charge in [0.05, 0.1) is 5.69 Å². The monoisotopic (exact) mass is 410 g/mol. The van der Waals surface area contributed by atoms with Crippen molar-refractivity contribution in [1.29, 1.82) is 0 Å². The van der Waals surface area contributed by atoms with E-state index in [-0.39, 0.29) is 5.91 Å². The molecule has 0 aliphatic heterocycles. The van der Waals surface area contributed by atoms with Gasteiger partial charge in [-0.05, 0) is 52.7 Å². The van der Waals surface area contributed by atoms with E-state index in [9.17, 15) is 4.79 Å². The number of nitrogens with one attached hydrogen (secondary N) is 1. The van der Waals surface area contributed by atoms with Crippen LogP contribution >= 0.6 is 22.9 Å². The van der Waals surface area contributed by atoms with Crippen molar-refractivity contribution >= 4 is 34.0 Å². The number of halogens is 1. The molecule has 4 aromatic rings. The highest BCUT2D eigenvalue weighted by Crippen LogP contribution is 2.24. The molecule has 0 aliphatic rings. The van der Waals surface area contributed by atoms with Crippen molar-refractivity contribution < 1.29 is 4.79 Å². The summed E-state index contributed by atoms with van der Waals surface area (Å²) in [6.45, 7) is 1.97. The number of hydrogen-bond acceptors (Lipinski definition) is 6. The number of rotatable bonds is 5. The number of aromatic nitrogens is 5. The van der Waals surface area contributed by atoms with Gasteiger partial charge in [-0.1, -0.05) is 29.8 Å². The van der Waals surface area contributed by atoms with Crippen molar-refractivity contribution in [1.82, 2.24) is 25.2 Å². The number of anilines is 1. The van der Waals surface area contributed by atoms with Crippen LogP contribution in [0.3, 0.4) is 0 Å². The average Bonchev–Trinajstić information content (AvgIpc) is 3.37. The molecule has 7 nitrogen and oxygen atoms in total. The summed E-state index contributed by atoms with van der Waals surface area (Å²) in [4.78, 5) is 17.9. The highest BCUT2D eigenvalue weighted by molar-refractivity contribution is 7.15. The molecule has 0 fully saturated rings. The molecule has 1 N–H and O–H groups in total. The van der Waals surface area contributed by atoms with Crippen LogP contribution in [0, 0.1) is 6.92 Å². The Labute approximate surface area is 170 Å². The largest absolute Gasteiger partial charge is 0.298 e. The number of nitrogens with zero attached hydrogens (tertiary/aromatic N) is 5. The fourth-order valence-corrected chi connectivity index (χ4v) is 3.68. The lowest BCUT2D eigenvalue weighted by Gasteiger charge is -2.04. The van der Waals surface area contributed by atoms with Crippen LogP contribution in [0.25, 0.3) is 5.69 Å². The third kappa shape index (κ3) is 4.08. The van der Waals surface area contributed by atoms with Gasteiger partial charge in [0.25, 0.3) is 5.91 Å². The van der Waals surface area contributed by atoms with E-state index in [1.54, 1.807) is 24.4 Å². The normalized spacial score (nSPS) is 10.8. The zero-order valence-electron chi connectivity index (χ0n) is 14.8. The molecule has 1 amide bonds. The number of amides is 1. The SMILES string of the molecule is Cc1ccc(Cc2cnc(NC(=O)c3cccc(-n4cnnn4)c3)s2)cc1Cl. The Bertz CT molecular complexity index is 1130. The van der Waals surface area contributed by atoms with Crippen molar-refractivity contribution in [2.45, 2.75) is 13.3 Å². The summed E-state index contributed by atoms with van der Waals surface area (Å²) in [5.41, 5.74) is 3.35. The van der Waals surface area contributed by atoms with Gasteiger partial charge in [-0.2, -0.15) is 0 Å². The Hall–Kier alpha value is -3.10. The van der Waals surface area contributed by atoms with E-state index in [0.717, 1.165) is 21.0 Å². The highest BCUT2D eigenvalue weighted by Gasteiger charge is 2.11. The quantitative estimate of drug-likeness (QED) is 0.538. The molecule has 9 heteroatoms. The predicted molar refractivity (Wildman–Crippen MR) is 108 cm³/mol. The van der Waals surface area contributed by atoms with Crippen LogP contribution in [0.2, 0.25) is 5.02 Å². The van der Waals surface area contributed by atoms with E-state index < -0.39 is 0 Å². The fourth-order valence-electron chi connectivity index (χ4n) is 2.63. The molecule has 0 aliphatic carbocycles. The van der Waals surface area contributed by atoms with Crippen LogP contribution in [-0.2, 0) is 6.42 Å². The second-order valence-corrected chi connectivity index (χ2v) is 7.67. The molecule has 4 rings (SSSR count). The van der Waals surface area contributed by atoms with E-state index in [1.807, 2.05) is 31.2 Å². The minimum atomic E-state index is -0.241. The summed E-state index contributed by atoms with van der Waals surface area (Å²) in [6, 6.07) is 13.0. The minimum Gasteiger partial charge on any atom is -0.298 e. The number of carbonyl (C=O) groups is 1.